The van der Waals surface area contributed by atoms with Crippen LogP contribution in [0.1, 0.15) is 19.8 Å². The number of unbranched alkanes of at least 4 members (excludes halogenated alkanes) is 1. The summed E-state index contributed by atoms with van der Waals surface area (Å²) >= 11 is 9.07. The topological polar surface area (TPSA) is 29.0 Å². The van der Waals surface area contributed by atoms with E-state index in [1.54, 1.807) is 12.4 Å². The summed E-state index contributed by atoms with van der Waals surface area (Å²) in [4.78, 5) is 10.6. The van der Waals surface area contributed by atoms with Crippen molar-refractivity contribution >= 4 is 33.5 Å². The van der Waals surface area contributed by atoms with Crippen LogP contribution in [0.5, 0.6) is 0 Å². The van der Waals surface area contributed by atoms with E-state index in [1.165, 1.54) is 0 Å². The molecule has 0 N–H and O–H groups in total. The van der Waals surface area contributed by atoms with Crippen LogP contribution in [-0.4, -0.2) is 28.9 Å². The number of alkyl halides is 1. The minimum Gasteiger partial charge on any atom is -0.340 e. The molecule has 5 heteroatoms. The maximum atomic E-state index is 5.75. The highest BCUT2D eigenvalue weighted by atomic mass is 79.9. The van der Waals surface area contributed by atoms with Crippen LogP contribution in [0.2, 0.25) is 0 Å². The quantitative estimate of drug-likeness (QED) is 0.755. The second-order valence-corrected chi connectivity index (χ2v) is 4.52. The van der Waals surface area contributed by atoms with Crippen molar-refractivity contribution in [2.24, 2.45) is 0 Å². The first kappa shape index (κ1) is 12.7. The zero-order valence-corrected chi connectivity index (χ0v) is 11.1. The molecule has 0 atom stereocenters. The molecule has 0 saturated heterocycles. The Morgan fingerprint density at radius 3 is 2.53 bits per heavy atom. The number of rotatable bonds is 6. The van der Waals surface area contributed by atoms with Crippen LogP contribution in [0.3, 0.4) is 0 Å². The molecular weight excluding hydrogens is 277 g/mol. The van der Waals surface area contributed by atoms with E-state index in [9.17, 15) is 0 Å². The van der Waals surface area contributed by atoms with E-state index in [0.29, 0.717) is 5.88 Å². The fourth-order valence-electron chi connectivity index (χ4n) is 1.23. The van der Waals surface area contributed by atoms with Crippen LogP contribution < -0.4 is 4.90 Å². The Balaban J connectivity index is 2.65. The van der Waals surface area contributed by atoms with Gasteiger partial charge in [0.05, 0.1) is 4.47 Å². The zero-order chi connectivity index (χ0) is 11.1. The summed E-state index contributed by atoms with van der Waals surface area (Å²) in [5, 5.41) is 0. The van der Waals surface area contributed by atoms with Gasteiger partial charge in [-0.25, -0.2) is 9.97 Å². The van der Waals surface area contributed by atoms with Crippen molar-refractivity contribution in [2.75, 3.05) is 23.9 Å². The molecule has 0 aromatic carbocycles. The van der Waals surface area contributed by atoms with E-state index in [-0.39, 0.29) is 0 Å². The summed E-state index contributed by atoms with van der Waals surface area (Å²) in [5.74, 6) is 1.36. The SMILES string of the molecule is CCCCN(CCCl)c1ncc(Br)cn1. The molecule has 84 valence electrons. The molecule has 0 unspecified atom stereocenters. The summed E-state index contributed by atoms with van der Waals surface area (Å²) in [5.41, 5.74) is 0. The molecule has 0 radical (unpaired) electrons. The Labute approximate surface area is 104 Å². The van der Waals surface area contributed by atoms with Crippen molar-refractivity contribution < 1.29 is 0 Å². The maximum absolute atomic E-state index is 5.75. The lowest BCUT2D eigenvalue weighted by atomic mass is 10.3. The van der Waals surface area contributed by atoms with Crippen molar-refractivity contribution in [3.63, 3.8) is 0 Å². The largest absolute Gasteiger partial charge is 0.340 e. The Morgan fingerprint density at radius 2 is 2.00 bits per heavy atom. The Bertz CT molecular complexity index is 279. The van der Waals surface area contributed by atoms with E-state index in [4.69, 9.17) is 11.6 Å². The van der Waals surface area contributed by atoms with Gasteiger partial charge in [-0.05, 0) is 22.4 Å². The van der Waals surface area contributed by atoms with Gasteiger partial charge in [-0.3, -0.25) is 0 Å². The molecule has 1 aromatic rings. The molecule has 1 aromatic heterocycles. The number of nitrogens with zero attached hydrogens (tertiary/aromatic N) is 3. The first-order valence-electron chi connectivity index (χ1n) is 5.06. The van der Waals surface area contributed by atoms with Gasteiger partial charge in [-0.1, -0.05) is 13.3 Å². The standard InChI is InChI=1S/C10H15BrClN3/c1-2-3-5-15(6-4-12)10-13-7-9(11)8-14-10/h7-8H,2-6H2,1H3. The van der Waals surface area contributed by atoms with Gasteiger partial charge in [0, 0.05) is 31.4 Å². The molecule has 0 fully saturated rings. The number of hydrogen-bond acceptors (Lipinski definition) is 3. The van der Waals surface area contributed by atoms with Crippen molar-refractivity contribution in [3.05, 3.63) is 16.9 Å². The highest BCUT2D eigenvalue weighted by Crippen LogP contribution is 2.11. The van der Waals surface area contributed by atoms with Crippen LogP contribution in [0.25, 0.3) is 0 Å². The lowest BCUT2D eigenvalue weighted by Crippen LogP contribution is -2.28. The average molecular weight is 293 g/mol. The van der Waals surface area contributed by atoms with Crippen molar-refractivity contribution in [3.8, 4) is 0 Å². The first-order valence-corrected chi connectivity index (χ1v) is 6.39. The molecule has 0 aliphatic rings. The number of aromatic nitrogens is 2. The summed E-state index contributed by atoms with van der Waals surface area (Å²) < 4.78 is 0.896. The van der Waals surface area contributed by atoms with Crippen LogP contribution in [0.4, 0.5) is 5.95 Å². The van der Waals surface area contributed by atoms with E-state index in [2.05, 4.69) is 37.7 Å². The second kappa shape index (κ2) is 7.01. The fourth-order valence-corrected chi connectivity index (χ4v) is 1.64. The minimum atomic E-state index is 0.600. The third-order valence-corrected chi connectivity index (χ3v) is 2.60. The average Bonchev–Trinajstić information content (AvgIpc) is 2.25. The van der Waals surface area contributed by atoms with Gasteiger partial charge in [0.1, 0.15) is 0 Å². The Kier molecular flexibility index (Phi) is 5.95. The molecule has 0 saturated carbocycles. The molecule has 0 amide bonds. The summed E-state index contributed by atoms with van der Waals surface area (Å²) in [6, 6.07) is 0. The van der Waals surface area contributed by atoms with E-state index in [0.717, 1.165) is 36.4 Å². The molecule has 0 aliphatic heterocycles. The first-order chi connectivity index (χ1) is 7.27. The third kappa shape index (κ3) is 4.34. The minimum absolute atomic E-state index is 0.600. The lowest BCUT2D eigenvalue weighted by Gasteiger charge is -2.20. The second-order valence-electron chi connectivity index (χ2n) is 3.23. The molecule has 0 spiro atoms. The van der Waals surface area contributed by atoms with Gasteiger partial charge in [-0.15, -0.1) is 11.6 Å². The highest BCUT2D eigenvalue weighted by molar-refractivity contribution is 9.10. The van der Waals surface area contributed by atoms with Crippen molar-refractivity contribution in [2.45, 2.75) is 19.8 Å². The number of halogens is 2. The van der Waals surface area contributed by atoms with Crippen molar-refractivity contribution in [1.29, 1.82) is 0 Å². The zero-order valence-electron chi connectivity index (χ0n) is 8.79. The summed E-state index contributed by atoms with van der Waals surface area (Å²) in [7, 11) is 0. The van der Waals surface area contributed by atoms with Gasteiger partial charge in [0.2, 0.25) is 5.95 Å². The molecule has 3 nitrogen and oxygen atoms in total. The number of anilines is 1. The summed E-state index contributed by atoms with van der Waals surface area (Å²) in [6.07, 6.45) is 5.82. The van der Waals surface area contributed by atoms with Crippen LogP contribution >= 0.6 is 27.5 Å². The predicted octanol–water partition coefficient (Wildman–Crippen LogP) is 3.08. The van der Waals surface area contributed by atoms with Gasteiger partial charge in [0.25, 0.3) is 0 Å². The van der Waals surface area contributed by atoms with Crippen LogP contribution in [0.15, 0.2) is 16.9 Å². The van der Waals surface area contributed by atoms with Gasteiger partial charge < -0.3 is 4.90 Å². The molecule has 1 heterocycles. The smallest absolute Gasteiger partial charge is 0.225 e. The third-order valence-electron chi connectivity index (χ3n) is 2.03. The van der Waals surface area contributed by atoms with Gasteiger partial charge in [0.15, 0.2) is 0 Å². The van der Waals surface area contributed by atoms with E-state index < -0.39 is 0 Å². The maximum Gasteiger partial charge on any atom is 0.225 e. The van der Waals surface area contributed by atoms with Gasteiger partial charge in [-0.2, -0.15) is 0 Å². The normalized spacial score (nSPS) is 10.3. The highest BCUT2D eigenvalue weighted by Gasteiger charge is 2.07. The van der Waals surface area contributed by atoms with Crippen molar-refractivity contribution in [1.82, 2.24) is 9.97 Å². The number of hydrogen-bond donors (Lipinski definition) is 0. The monoisotopic (exact) mass is 291 g/mol. The lowest BCUT2D eigenvalue weighted by molar-refractivity contribution is 0.715. The molecule has 1 rings (SSSR count). The molecule has 0 aliphatic carbocycles. The predicted molar refractivity (Wildman–Crippen MR) is 67.6 cm³/mol. The molecular formula is C10H15BrClN3. The van der Waals surface area contributed by atoms with Crippen LogP contribution in [0, 0.1) is 0 Å². The van der Waals surface area contributed by atoms with Gasteiger partial charge >= 0.3 is 0 Å². The summed E-state index contributed by atoms with van der Waals surface area (Å²) in [6.45, 7) is 3.93. The van der Waals surface area contributed by atoms with E-state index in [1.807, 2.05) is 0 Å². The van der Waals surface area contributed by atoms with E-state index >= 15 is 0 Å². The molecule has 15 heavy (non-hydrogen) atoms. The van der Waals surface area contributed by atoms with Crippen LogP contribution in [-0.2, 0) is 0 Å². The Morgan fingerprint density at radius 1 is 1.33 bits per heavy atom. The molecule has 0 bridgehead atoms. The Hall–Kier alpha value is -0.350. The fraction of sp³-hybridized carbons (Fsp3) is 0.600.